The summed E-state index contributed by atoms with van der Waals surface area (Å²) in [7, 11) is 1.96. The number of aryl methyl sites for hydroxylation is 2. The predicted molar refractivity (Wildman–Crippen MR) is 78.8 cm³/mol. The van der Waals surface area contributed by atoms with Crippen LogP contribution in [0.25, 0.3) is 0 Å². The van der Waals surface area contributed by atoms with Gasteiger partial charge in [0, 0.05) is 13.5 Å². The molecule has 0 saturated heterocycles. The molecule has 0 saturated carbocycles. The quantitative estimate of drug-likeness (QED) is 0.834. The molecule has 0 amide bonds. The number of hydrogen-bond acceptors (Lipinski definition) is 2. The molecule has 0 fully saturated rings. The zero-order valence-electron chi connectivity index (χ0n) is 12.0. The molecule has 1 rings (SSSR count). The van der Waals surface area contributed by atoms with Gasteiger partial charge in [-0.1, -0.05) is 33.6 Å². The average Bonchev–Trinajstić information content (AvgIpc) is 2.57. The van der Waals surface area contributed by atoms with Crippen molar-refractivity contribution in [2.24, 2.45) is 7.05 Å². The van der Waals surface area contributed by atoms with Crippen LogP contribution in [0.1, 0.15) is 57.8 Å². The van der Waals surface area contributed by atoms with Gasteiger partial charge in [-0.25, -0.2) is 0 Å². The van der Waals surface area contributed by atoms with E-state index in [-0.39, 0.29) is 0 Å². The molecule has 0 unspecified atom stereocenters. The fourth-order valence-electron chi connectivity index (χ4n) is 2.56. The van der Waals surface area contributed by atoms with Crippen molar-refractivity contribution < 1.29 is 5.11 Å². The highest BCUT2D eigenvalue weighted by atomic mass is 79.9. The Bertz CT molecular complexity index is 381. The van der Waals surface area contributed by atoms with E-state index in [4.69, 9.17) is 0 Å². The lowest BCUT2D eigenvalue weighted by Gasteiger charge is -2.27. The van der Waals surface area contributed by atoms with Crippen LogP contribution in [-0.2, 0) is 19.9 Å². The lowest BCUT2D eigenvalue weighted by Crippen LogP contribution is -2.32. The number of rotatable bonds is 7. The molecule has 1 heterocycles. The monoisotopic (exact) mass is 316 g/mol. The first-order valence-electron chi connectivity index (χ1n) is 6.90. The van der Waals surface area contributed by atoms with Gasteiger partial charge in [0.1, 0.15) is 0 Å². The van der Waals surface area contributed by atoms with Gasteiger partial charge in [-0.3, -0.25) is 4.68 Å². The van der Waals surface area contributed by atoms with Gasteiger partial charge in [-0.2, -0.15) is 5.10 Å². The van der Waals surface area contributed by atoms with Crippen LogP contribution < -0.4 is 0 Å². The van der Waals surface area contributed by atoms with Gasteiger partial charge in [0.2, 0.25) is 0 Å². The second kappa shape index (κ2) is 6.71. The highest BCUT2D eigenvalue weighted by Gasteiger charge is 2.28. The summed E-state index contributed by atoms with van der Waals surface area (Å²) in [5.41, 5.74) is 1.59. The third kappa shape index (κ3) is 3.58. The van der Waals surface area contributed by atoms with E-state index in [1.54, 1.807) is 0 Å². The van der Waals surface area contributed by atoms with Crippen molar-refractivity contribution in [1.29, 1.82) is 0 Å². The van der Waals surface area contributed by atoms with Crippen molar-refractivity contribution in [3.63, 3.8) is 0 Å². The van der Waals surface area contributed by atoms with Crippen molar-refractivity contribution >= 4 is 15.9 Å². The molecule has 4 heteroatoms. The minimum atomic E-state index is -0.592. The second-order valence-corrected chi connectivity index (χ2v) is 5.88. The number of hydrogen-bond donors (Lipinski definition) is 1. The Kier molecular flexibility index (Phi) is 5.86. The molecular weight excluding hydrogens is 292 g/mol. The summed E-state index contributed by atoms with van der Waals surface area (Å²) in [5, 5.41) is 15.2. The van der Waals surface area contributed by atoms with E-state index in [1.807, 2.05) is 11.7 Å². The van der Waals surface area contributed by atoms with E-state index in [1.165, 1.54) is 0 Å². The molecular formula is C14H25BrN2O. The zero-order chi connectivity index (χ0) is 13.8. The first-order valence-corrected chi connectivity index (χ1v) is 7.69. The van der Waals surface area contributed by atoms with Crippen LogP contribution in [0.15, 0.2) is 4.47 Å². The Balaban J connectivity index is 2.96. The molecule has 0 bridgehead atoms. The molecule has 1 aromatic rings. The molecule has 0 spiro atoms. The summed E-state index contributed by atoms with van der Waals surface area (Å²) >= 11 is 3.62. The van der Waals surface area contributed by atoms with E-state index in [9.17, 15) is 5.11 Å². The maximum atomic E-state index is 10.7. The van der Waals surface area contributed by atoms with Gasteiger partial charge >= 0.3 is 0 Å². The highest BCUT2D eigenvalue weighted by molar-refractivity contribution is 9.10. The van der Waals surface area contributed by atoms with Gasteiger partial charge in [-0.05, 0) is 35.2 Å². The normalized spacial score (nSPS) is 12.1. The van der Waals surface area contributed by atoms with Gasteiger partial charge in [-0.15, -0.1) is 0 Å². The molecule has 104 valence electrons. The Labute approximate surface area is 119 Å². The minimum absolute atomic E-state index is 0.592. The Morgan fingerprint density at radius 3 is 2.17 bits per heavy atom. The first kappa shape index (κ1) is 15.7. The Hall–Kier alpha value is -0.350. The second-order valence-electron chi connectivity index (χ2n) is 5.09. The van der Waals surface area contributed by atoms with E-state index in [2.05, 4.69) is 41.8 Å². The minimum Gasteiger partial charge on any atom is -0.389 e. The van der Waals surface area contributed by atoms with Crippen molar-refractivity contribution in [3.05, 3.63) is 15.9 Å². The molecule has 0 aromatic carbocycles. The maximum absolute atomic E-state index is 10.7. The van der Waals surface area contributed by atoms with E-state index >= 15 is 0 Å². The van der Waals surface area contributed by atoms with Crippen molar-refractivity contribution in [3.8, 4) is 0 Å². The lowest BCUT2D eigenvalue weighted by atomic mass is 9.88. The number of aliphatic hydroxyl groups is 1. The fraction of sp³-hybridized carbons (Fsp3) is 0.786. The SMILES string of the molecule is CCCC(O)(CCC)Cc1c(Br)c(CC)nn1C. The molecule has 0 radical (unpaired) electrons. The van der Waals surface area contributed by atoms with E-state index in [0.717, 1.165) is 48.0 Å². The molecule has 0 atom stereocenters. The number of halogens is 1. The van der Waals surface area contributed by atoms with E-state index in [0.29, 0.717) is 6.42 Å². The highest BCUT2D eigenvalue weighted by Crippen LogP contribution is 2.29. The summed E-state index contributed by atoms with van der Waals surface area (Å²) in [5.74, 6) is 0. The summed E-state index contributed by atoms with van der Waals surface area (Å²) in [6, 6.07) is 0. The van der Waals surface area contributed by atoms with Crippen LogP contribution in [0.3, 0.4) is 0 Å². The maximum Gasteiger partial charge on any atom is 0.0766 e. The molecule has 1 N–H and O–H groups in total. The van der Waals surface area contributed by atoms with Crippen molar-refractivity contribution in [1.82, 2.24) is 9.78 Å². The zero-order valence-corrected chi connectivity index (χ0v) is 13.5. The Morgan fingerprint density at radius 1 is 1.22 bits per heavy atom. The standard InChI is InChI=1S/C14H25BrN2O/c1-5-8-14(18,9-6-2)10-12-13(15)11(7-3)16-17(12)4/h18H,5-10H2,1-4H3. The van der Waals surface area contributed by atoms with Gasteiger partial charge in [0.05, 0.1) is 21.5 Å². The Morgan fingerprint density at radius 2 is 1.78 bits per heavy atom. The van der Waals surface area contributed by atoms with Crippen LogP contribution in [-0.4, -0.2) is 20.5 Å². The smallest absolute Gasteiger partial charge is 0.0766 e. The molecule has 0 aliphatic rings. The van der Waals surface area contributed by atoms with Crippen LogP contribution in [0, 0.1) is 0 Å². The van der Waals surface area contributed by atoms with Gasteiger partial charge in [0.25, 0.3) is 0 Å². The summed E-state index contributed by atoms with van der Waals surface area (Å²) < 4.78 is 2.97. The van der Waals surface area contributed by atoms with Crippen LogP contribution in [0.5, 0.6) is 0 Å². The third-order valence-electron chi connectivity index (χ3n) is 3.43. The van der Waals surface area contributed by atoms with Gasteiger partial charge < -0.3 is 5.11 Å². The fourth-order valence-corrected chi connectivity index (χ4v) is 3.31. The molecule has 1 aromatic heterocycles. The first-order chi connectivity index (χ1) is 8.47. The number of nitrogens with zero attached hydrogens (tertiary/aromatic N) is 2. The topological polar surface area (TPSA) is 38.1 Å². The summed E-state index contributed by atoms with van der Waals surface area (Å²) in [6.07, 6.45) is 5.30. The van der Waals surface area contributed by atoms with Crippen molar-refractivity contribution in [2.45, 2.75) is 64.9 Å². The summed E-state index contributed by atoms with van der Waals surface area (Å²) in [6.45, 7) is 6.34. The molecule has 0 aliphatic carbocycles. The molecule has 3 nitrogen and oxygen atoms in total. The van der Waals surface area contributed by atoms with Crippen LogP contribution in [0.2, 0.25) is 0 Å². The lowest BCUT2D eigenvalue weighted by molar-refractivity contribution is 0.0198. The van der Waals surface area contributed by atoms with Crippen molar-refractivity contribution in [2.75, 3.05) is 0 Å². The van der Waals surface area contributed by atoms with Gasteiger partial charge in [0.15, 0.2) is 0 Å². The van der Waals surface area contributed by atoms with E-state index < -0.39 is 5.60 Å². The molecule has 0 aliphatic heterocycles. The predicted octanol–water partition coefficient (Wildman–Crippen LogP) is 3.62. The largest absolute Gasteiger partial charge is 0.389 e. The molecule has 18 heavy (non-hydrogen) atoms. The summed E-state index contributed by atoms with van der Waals surface area (Å²) in [4.78, 5) is 0. The number of aromatic nitrogens is 2. The van der Waals surface area contributed by atoms with Crippen LogP contribution in [0.4, 0.5) is 0 Å². The van der Waals surface area contributed by atoms with Crippen LogP contribution >= 0.6 is 15.9 Å². The third-order valence-corrected chi connectivity index (χ3v) is 4.35. The average molecular weight is 317 g/mol.